The van der Waals surface area contributed by atoms with Gasteiger partial charge in [0.25, 0.3) is 5.91 Å². The van der Waals surface area contributed by atoms with Gasteiger partial charge in [-0.2, -0.15) is 0 Å². The molecule has 1 aromatic heterocycles. The molecule has 2 atom stereocenters. The second-order valence-electron chi connectivity index (χ2n) is 8.42. The lowest BCUT2D eigenvalue weighted by atomic mass is 9.84. The number of nitrogens with one attached hydrogen (secondary N) is 1. The summed E-state index contributed by atoms with van der Waals surface area (Å²) >= 11 is 0. The summed E-state index contributed by atoms with van der Waals surface area (Å²) in [6.07, 6.45) is 4.59. The van der Waals surface area contributed by atoms with Crippen molar-refractivity contribution in [2.24, 2.45) is 5.92 Å². The van der Waals surface area contributed by atoms with Crippen LogP contribution in [0.3, 0.4) is 0 Å². The molecule has 3 aromatic rings. The highest BCUT2D eigenvalue weighted by Crippen LogP contribution is 2.27. The molecular formula is C25H30N2O3. The van der Waals surface area contributed by atoms with Crippen LogP contribution in [0.25, 0.3) is 10.8 Å². The first-order valence-corrected chi connectivity index (χ1v) is 10.7. The monoisotopic (exact) mass is 406 g/mol. The van der Waals surface area contributed by atoms with E-state index in [9.17, 15) is 4.79 Å². The van der Waals surface area contributed by atoms with Crippen LogP contribution in [-0.2, 0) is 6.61 Å². The predicted molar refractivity (Wildman–Crippen MR) is 119 cm³/mol. The van der Waals surface area contributed by atoms with E-state index in [4.69, 9.17) is 9.15 Å². The molecule has 0 saturated heterocycles. The Kier molecular flexibility index (Phi) is 6.38. The molecule has 1 saturated carbocycles. The van der Waals surface area contributed by atoms with Crippen LogP contribution in [0, 0.1) is 5.92 Å². The molecule has 0 bridgehead atoms. The first-order valence-electron chi connectivity index (χ1n) is 10.7. The number of nitrogens with zero attached hydrogens (tertiary/aromatic N) is 1. The molecule has 2 unspecified atom stereocenters. The molecule has 5 heteroatoms. The average Bonchev–Trinajstić information content (AvgIpc) is 3.22. The van der Waals surface area contributed by atoms with Crippen molar-refractivity contribution in [3.05, 3.63) is 66.1 Å². The maximum Gasteiger partial charge on any atom is 0.287 e. The smallest absolute Gasteiger partial charge is 0.287 e. The third-order valence-corrected chi connectivity index (χ3v) is 5.83. The van der Waals surface area contributed by atoms with Crippen molar-refractivity contribution in [3.8, 4) is 5.75 Å². The molecule has 30 heavy (non-hydrogen) atoms. The van der Waals surface area contributed by atoms with Gasteiger partial charge in [0.2, 0.25) is 0 Å². The fourth-order valence-corrected chi connectivity index (χ4v) is 4.37. The van der Waals surface area contributed by atoms with Crippen molar-refractivity contribution in [2.75, 3.05) is 20.6 Å². The van der Waals surface area contributed by atoms with Crippen LogP contribution in [0.1, 0.15) is 42.0 Å². The van der Waals surface area contributed by atoms with Crippen molar-refractivity contribution in [2.45, 2.75) is 38.3 Å². The summed E-state index contributed by atoms with van der Waals surface area (Å²) in [5, 5.41) is 5.40. The second kappa shape index (κ2) is 9.35. The Bertz CT molecular complexity index is 989. The molecule has 0 radical (unpaired) electrons. The Labute approximate surface area is 178 Å². The summed E-state index contributed by atoms with van der Waals surface area (Å²) in [5.74, 6) is 2.15. The predicted octanol–water partition coefficient (Wildman–Crippen LogP) is 4.86. The summed E-state index contributed by atoms with van der Waals surface area (Å²) in [4.78, 5) is 14.9. The van der Waals surface area contributed by atoms with Crippen molar-refractivity contribution >= 4 is 16.7 Å². The molecule has 1 aliphatic carbocycles. The lowest BCUT2D eigenvalue weighted by molar-refractivity contribution is 0.0863. The fourth-order valence-electron chi connectivity index (χ4n) is 4.37. The summed E-state index contributed by atoms with van der Waals surface area (Å²) in [6, 6.07) is 17.9. The van der Waals surface area contributed by atoms with E-state index in [2.05, 4.69) is 36.4 Å². The molecule has 2 aromatic carbocycles. The molecule has 1 heterocycles. The van der Waals surface area contributed by atoms with E-state index in [0.717, 1.165) is 42.3 Å². The van der Waals surface area contributed by atoms with E-state index in [0.29, 0.717) is 17.4 Å². The van der Waals surface area contributed by atoms with Crippen molar-refractivity contribution in [1.82, 2.24) is 10.2 Å². The molecule has 5 nitrogen and oxygen atoms in total. The van der Waals surface area contributed by atoms with E-state index in [1.807, 2.05) is 36.4 Å². The third-order valence-electron chi connectivity index (χ3n) is 5.83. The minimum Gasteiger partial charge on any atom is -0.485 e. The van der Waals surface area contributed by atoms with Gasteiger partial charge in [-0.25, -0.2) is 0 Å². The molecular weight excluding hydrogens is 376 g/mol. The van der Waals surface area contributed by atoms with Crippen LogP contribution < -0.4 is 10.1 Å². The number of benzene rings is 2. The van der Waals surface area contributed by atoms with Crippen LogP contribution in [0.5, 0.6) is 5.75 Å². The van der Waals surface area contributed by atoms with Gasteiger partial charge in [-0.3, -0.25) is 4.79 Å². The molecule has 1 aliphatic rings. The van der Waals surface area contributed by atoms with E-state index >= 15 is 0 Å². The molecule has 4 rings (SSSR count). The van der Waals surface area contributed by atoms with Crippen molar-refractivity contribution in [3.63, 3.8) is 0 Å². The number of carbonyl (C=O) groups excluding carboxylic acids is 1. The van der Waals surface area contributed by atoms with Gasteiger partial charge in [0.05, 0.1) is 0 Å². The van der Waals surface area contributed by atoms with Gasteiger partial charge in [-0.1, -0.05) is 49.2 Å². The van der Waals surface area contributed by atoms with Crippen LogP contribution in [-0.4, -0.2) is 37.5 Å². The van der Waals surface area contributed by atoms with Gasteiger partial charge in [0.1, 0.15) is 18.1 Å². The minimum atomic E-state index is -0.137. The summed E-state index contributed by atoms with van der Waals surface area (Å²) in [5.41, 5.74) is 0. The normalized spacial score (nSPS) is 19.2. The Morgan fingerprint density at radius 1 is 1.07 bits per heavy atom. The van der Waals surface area contributed by atoms with Gasteiger partial charge < -0.3 is 19.4 Å². The molecule has 158 valence electrons. The number of amides is 1. The maximum absolute atomic E-state index is 12.7. The van der Waals surface area contributed by atoms with Gasteiger partial charge in [-0.15, -0.1) is 0 Å². The van der Waals surface area contributed by atoms with E-state index in [1.165, 1.54) is 6.42 Å². The highest BCUT2D eigenvalue weighted by molar-refractivity contribution is 5.91. The van der Waals surface area contributed by atoms with Gasteiger partial charge in [0, 0.05) is 18.0 Å². The average molecular weight is 407 g/mol. The third kappa shape index (κ3) is 4.85. The zero-order valence-corrected chi connectivity index (χ0v) is 17.8. The molecule has 1 N–H and O–H groups in total. The highest BCUT2D eigenvalue weighted by Gasteiger charge is 2.28. The lowest BCUT2D eigenvalue weighted by Crippen LogP contribution is -2.45. The standard InChI is InChI=1S/C25H30N2O3/c1-27(2)16-19-9-4-6-12-22(19)26-25(28)24-15-14-20(30-24)17-29-23-13-7-10-18-8-3-5-11-21(18)23/h3,5,7-8,10-11,13-15,19,22H,4,6,9,12,16-17H2,1-2H3,(H,26,28). The van der Waals surface area contributed by atoms with Crippen LogP contribution >= 0.6 is 0 Å². The van der Waals surface area contributed by atoms with Gasteiger partial charge in [-0.05, 0) is 56.4 Å². The maximum atomic E-state index is 12.7. The van der Waals surface area contributed by atoms with Crippen molar-refractivity contribution < 1.29 is 13.9 Å². The Balaban J connectivity index is 1.38. The number of fused-ring (bicyclic) bond motifs is 1. The SMILES string of the molecule is CN(C)CC1CCCCC1NC(=O)c1ccc(COc2cccc3ccccc23)o1. The molecule has 1 fully saturated rings. The Morgan fingerprint density at radius 3 is 2.73 bits per heavy atom. The summed E-state index contributed by atoms with van der Waals surface area (Å²) in [7, 11) is 4.17. The fraction of sp³-hybridized carbons (Fsp3) is 0.400. The number of hydrogen-bond donors (Lipinski definition) is 1. The van der Waals surface area contributed by atoms with Gasteiger partial charge in [0.15, 0.2) is 5.76 Å². The molecule has 1 amide bonds. The number of rotatable bonds is 7. The summed E-state index contributed by atoms with van der Waals surface area (Å²) < 4.78 is 11.8. The number of hydrogen-bond acceptors (Lipinski definition) is 4. The van der Waals surface area contributed by atoms with Crippen LogP contribution in [0.15, 0.2) is 59.0 Å². The Hall–Kier alpha value is -2.79. The number of carbonyl (C=O) groups is 1. The van der Waals surface area contributed by atoms with E-state index in [1.54, 1.807) is 6.07 Å². The summed E-state index contributed by atoms with van der Waals surface area (Å²) in [6.45, 7) is 1.28. The first kappa shape index (κ1) is 20.5. The zero-order chi connectivity index (χ0) is 20.9. The number of furan rings is 1. The topological polar surface area (TPSA) is 54.7 Å². The quantitative estimate of drug-likeness (QED) is 0.609. The molecule has 0 spiro atoms. The molecule has 0 aliphatic heterocycles. The highest BCUT2D eigenvalue weighted by atomic mass is 16.5. The van der Waals surface area contributed by atoms with Crippen LogP contribution in [0.4, 0.5) is 0 Å². The lowest BCUT2D eigenvalue weighted by Gasteiger charge is -2.33. The largest absolute Gasteiger partial charge is 0.485 e. The van der Waals surface area contributed by atoms with E-state index < -0.39 is 0 Å². The van der Waals surface area contributed by atoms with E-state index in [-0.39, 0.29) is 18.6 Å². The Morgan fingerprint density at radius 2 is 1.87 bits per heavy atom. The zero-order valence-electron chi connectivity index (χ0n) is 17.8. The second-order valence-corrected chi connectivity index (χ2v) is 8.42. The van der Waals surface area contributed by atoms with Gasteiger partial charge >= 0.3 is 0 Å². The van der Waals surface area contributed by atoms with Crippen LogP contribution in [0.2, 0.25) is 0 Å². The minimum absolute atomic E-state index is 0.137. The number of ether oxygens (including phenoxy) is 1. The first-order chi connectivity index (χ1) is 14.6. The van der Waals surface area contributed by atoms with Crippen molar-refractivity contribution in [1.29, 1.82) is 0 Å².